The van der Waals surface area contributed by atoms with Crippen LogP contribution in [-0.2, 0) is 9.84 Å². The highest BCUT2D eigenvalue weighted by Crippen LogP contribution is 2.76. The molecule has 7 rings (SSSR count). The van der Waals surface area contributed by atoms with E-state index in [1.54, 1.807) is 6.07 Å². The minimum Gasteiger partial charge on any atom is -0.478 e. The second kappa shape index (κ2) is 12.9. The van der Waals surface area contributed by atoms with Gasteiger partial charge in [-0.15, -0.1) is 0 Å². The standard InChI is InChI=1S/C42H63FN2O5S/c1-27(26-46)29-11-16-42(44-19-20-45-21-23-51(49,50)24-22-45)18-17-40(5)32(36(29)42)9-10-35-39(4)14-12-31(28-7-8-30(37(47)48)33(43)25-28)38(2,3)34(39)13-15-41(35,40)6/h7-8,12,25,27,29,32,34-36,44,46H,9-11,13-24,26H2,1-6H3,(H,47,48)/t27?,29-,32+,34-,35+,36+,39-,40+,41+,42-/m0/s1. The van der Waals surface area contributed by atoms with Gasteiger partial charge in [-0.25, -0.2) is 17.6 Å². The Morgan fingerprint density at radius 3 is 2.37 bits per heavy atom. The highest BCUT2D eigenvalue weighted by molar-refractivity contribution is 7.91. The number of aliphatic hydroxyl groups is 1. The highest BCUT2D eigenvalue weighted by Gasteiger charge is 2.70. The first-order valence-electron chi connectivity index (χ1n) is 19.9. The van der Waals surface area contributed by atoms with Crippen LogP contribution in [-0.4, -0.2) is 79.3 Å². The molecular formula is C42H63FN2O5S. The van der Waals surface area contributed by atoms with Crippen molar-refractivity contribution >= 4 is 21.4 Å². The van der Waals surface area contributed by atoms with E-state index in [-0.39, 0.29) is 56.8 Å². The summed E-state index contributed by atoms with van der Waals surface area (Å²) in [7, 11) is -2.89. The fourth-order valence-corrected chi connectivity index (χ4v) is 15.4. The summed E-state index contributed by atoms with van der Waals surface area (Å²) in [6.07, 6.45) is 12.7. The third-order valence-corrected chi connectivity index (χ3v) is 18.5. The number of aliphatic hydroxyl groups excluding tert-OH is 1. The maximum atomic E-state index is 14.9. The Kier molecular flexibility index (Phi) is 9.49. The Labute approximate surface area is 306 Å². The summed E-state index contributed by atoms with van der Waals surface area (Å²) in [5.74, 6) is 1.50. The Morgan fingerprint density at radius 2 is 1.71 bits per heavy atom. The number of nitrogens with one attached hydrogen (secondary N) is 1. The molecule has 0 aromatic heterocycles. The predicted molar refractivity (Wildman–Crippen MR) is 201 cm³/mol. The molecule has 6 aliphatic rings. The van der Waals surface area contributed by atoms with Gasteiger partial charge in [0.15, 0.2) is 9.84 Å². The van der Waals surface area contributed by atoms with E-state index >= 15 is 0 Å². The lowest BCUT2D eigenvalue weighted by atomic mass is 9.33. The smallest absolute Gasteiger partial charge is 0.338 e. The molecule has 1 aromatic rings. The van der Waals surface area contributed by atoms with E-state index in [0.29, 0.717) is 42.7 Å². The van der Waals surface area contributed by atoms with Crippen molar-refractivity contribution in [3.63, 3.8) is 0 Å². The average Bonchev–Trinajstić information content (AvgIpc) is 3.44. The van der Waals surface area contributed by atoms with Crippen LogP contribution in [0.15, 0.2) is 24.3 Å². The van der Waals surface area contributed by atoms with Crippen molar-refractivity contribution in [3.8, 4) is 0 Å². The van der Waals surface area contributed by atoms with Gasteiger partial charge in [0.05, 0.1) is 17.1 Å². The number of allylic oxidation sites excluding steroid dienone is 2. The molecule has 0 radical (unpaired) electrons. The predicted octanol–water partition coefficient (Wildman–Crippen LogP) is 7.30. The van der Waals surface area contributed by atoms with Crippen molar-refractivity contribution < 1.29 is 27.8 Å². The first kappa shape index (κ1) is 37.5. The maximum absolute atomic E-state index is 14.9. The fraction of sp³-hybridized carbons (Fsp3) is 0.786. The SMILES string of the molecule is CC(CO)[C@@H]1CC[C@]2(NCCN3CCS(=O)(=O)CC3)CC[C@]3(C)[C@H](CC[C@@H]4[C@@]5(C)CC=C(c6ccc(C(=O)O)c(F)c6)C(C)(C)[C@@H]5CC[C@]43C)[C@@H]12. The maximum Gasteiger partial charge on any atom is 0.338 e. The Balaban J connectivity index is 1.16. The highest BCUT2D eigenvalue weighted by atomic mass is 32.2. The zero-order valence-electron chi connectivity index (χ0n) is 31.9. The molecule has 0 bridgehead atoms. The molecule has 284 valence electrons. The summed E-state index contributed by atoms with van der Waals surface area (Å²) in [4.78, 5) is 13.9. The van der Waals surface area contributed by atoms with Crippen LogP contribution in [0.3, 0.4) is 0 Å². The van der Waals surface area contributed by atoms with Gasteiger partial charge in [-0.3, -0.25) is 0 Å². The molecule has 1 heterocycles. The number of hydrogen-bond acceptors (Lipinski definition) is 6. The Bertz CT molecular complexity index is 1660. The lowest BCUT2D eigenvalue weighted by Crippen LogP contribution is -2.68. The summed E-state index contributed by atoms with van der Waals surface area (Å²) in [6, 6.07) is 4.65. The molecule has 5 fully saturated rings. The van der Waals surface area contributed by atoms with E-state index in [4.69, 9.17) is 0 Å². The van der Waals surface area contributed by atoms with Crippen molar-refractivity contribution in [2.24, 2.45) is 57.2 Å². The van der Waals surface area contributed by atoms with Crippen molar-refractivity contribution in [1.82, 2.24) is 10.2 Å². The van der Waals surface area contributed by atoms with Gasteiger partial charge in [-0.05, 0) is 138 Å². The molecule has 1 aromatic carbocycles. The molecule has 4 saturated carbocycles. The number of carboxylic acids is 1. The first-order chi connectivity index (χ1) is 23.9. The molecule has 1 saturated heterocycles. The van der Waals surface area contributed by atoms with Gasteiger partial charge in [0.2, 0.25) is 0 Å². The normalized spacial score (nSPS) is 42.1. The molecule has 0 amide bonds. The summed E-state index contributed by atoms with van der Waals surface area (Å²) in [6.45, 7) is 18.0. The number of rotatable bonds is 8. The van der Waals surface area contributed by atoms with Gasteiger partial charge in [-0.2, -0.15) is 0 Å². The van der Waals surface area contributed by atoms with E-state index < -0.39 is 21.6 Å². The molecule has 9 heteroatoms. The number of sulfone groups is 1. The fourth-order valence-electron chi connectivity index (χ4n) is 14.1. The van der Waals surface area contributed by atoms with Gasteiger partial charge in [0.25, 0.3) is 0 Å². The van der Waals surface area contributed by atoms with Crippen LogP contribution in [0.5, 0.6) is 0 Å². The number of carboxylic acid groups (broad SMARTS) is 1. The molecule has 10 atom stereocenters. The number of carbonyl (C=O) groups is 1. The molecule has 3 N–H and O–H groups in total. The second-order valence-corrected chi connectivity index (χ2v) is 21.5. The second-order valence-electron chi connectivity index (χ2n) is 19.2. The van der Waals surface area contributed by atoms with Crippen LogP contribution in [0.25, 0.3) is 5.57 Å². The van der Waals surface area contributed by atoms with Crippen LogP contribution in [0.2, 0.25) is 0 Å². The number of aromatic carboxylic acids is 1. The zero-order valence-corrected chi connectivity index (χ0v) is 32.8. The number of benzene rings is 1. The van der Waals surface area contributed by atoms with Gasteiger partial charge in [0.1, 0.15) is 5.82 Å². The first-order valence-corrected chi connectivity index (χ1v) is 21.8. The molecule has 5 aliphatic carbocycles. The lowest BCUT2D eigenvalue weighted by Gasteiger charge is -2.72. The summed E-state index contributed by atoms with van der Waals surface area (Å²) >= 11 is 0. The van der Waals surface area contributed by atoms with Gasteiger partial charge in [-0.1, -0.05) is 53.7 Å². The summed E-state index contributed by atoms with van der Waals surface area (Å²) in [5, 5.41) is 24.1. The van der Waals surface area contributed by atoms with Crippen LogP contribution in [0.1, 0.15) is 115 Å². The Morgan fingerprint density at radius 1 is 0.980 bits per heavy atom. The van der Waals surface area contributed by atoms with E-state index in [2.05, 4.69) is 57.8 Å². The van der Waals surface area contributed by atoms with Crippen molar-refractivity contribution in [3.05, 3.63) is 41.2 Å². The summed E-state index contributed by atoms with van der Waals surface area (Å²) in [5.41, 5.74) is 2.04. The van der Waals surface area contributed by atoms with Crippen molar-refractivity contribution in [1.29, 1.82) is 0 Å². The van der Waals surface area contributed by atoms with E-state index in [1.165, 1.54) is 37.8 Å². The van der Waals surface area contributed by atoms with E-state index in [9.17, 15) is 27.8 Å². The number of halogens is 1. The number of hydrogen-bond donors (Lipinski definition) is 3. The minimum atomic E-state index is -2.89. The number of fused-ring (bicyclic) bond motifs is 7. The van der Waals surface area contributed by atoms with Gasteiger partial charge >= 0.3 is 5.97 Å². The molecule has 1 unspecified atom stereocenters. The van der Waals surface area contributed by atoms with Crippen LogP contribution < -0.4 is 5.32 Å². The van der Waals surface area contributed by atoms with Gasteiger partial charge in [0, 0.05) is 38.3 Å². The zero-order chi connectivity index (χ0) is 36.8. The molecule has 7 nitrogen and oxygen atoms in total. The largest absolute Gasteiger partial charge is 0.478 e. The van der Waals surface area contributed by atoms with Crippen molar-refractivity contribution in [2.45, 2.75) is 105 Å². The van der Waals surface area contributed by atoms with Crippen molar-refractivity contribution in [2.75, 3.05) is 44.3 Å². The monoisotopic (exact) mass is 726 g/mol. The van der Waals surface area contributed by atoms with E-state index in [0.717, 1.165) is 56.3 Å². The topological polar surface area (TPSA) is 107 Å². The minimum absolute atomic E-state index is 0.0698. The van der Waals surface area contributed by atoms with Gasteiger partial charge < -0.3 is 20.4 Å². The van der Waals surface area contributed by atoms with Crippen LogP contribution in [0.4, 0.5) is 4.39 Å². The summed E-state index contributed by atoms with van der Waals surface area (Å²) < 4.78 is 39.0. The molecule has 0 spiro atoms. The molecule has 1 aliphatic heterocycles. The third kappa shape index (κ3) is 5.80. The Hall–Kier alpha value is -1.81. The lowest BCUT2D eigenvalue weighted by molar-refractivity contribution is -0.221. The van der Waals surface area contributed by atoms with E-state index in [1.807, 2.05) is 0 Å². The number of nitrogens with zero attached hydrogens (tertiary/aromatic N) is 1. The third-order valence-electron chi connectivity index (χ3n) is 16.9. The van der Waals surface area contributed by atoms with Crippen LogP contribution in [0, 0.1) is 63.0 Å². The average molecular weight is 727 g/mol. The van der Waals surface area contributed by atoms with Crippen LogP contribution >= 0.6 is 0 Å². The molecule has 51 heavy (non-hydrogen) atoms. The quantitative estimate of drug-likeness (QED) is 0.258. The molecular weight excluding hydrogens is 664 g/mol.